The first-order valence-electron chi connectivity index (χ1n) is 8.43. The van der Waals surface area contributed by atoms with Crippen molar-refractivity contribution < 1.29 is 23.7 Å². The SMILES string of the molecule is Cc1cccc2c1OB(O)[C@@H](CC(=O)/C(=N\OCCF)c1csc(N)n1)C2. The Kier molecular flexibility index (Phi) is 6.07. The third-order valence-electron chi connectivity index (χ3n) is 4.22. The summed E-state index contributed by atoms with van der Waals surface area (Å²) >= 11 is 1.16. The summed E-state index contributed by atoms with van der Waals surface area (Å²) in [5.74, 6) is -0.182. The Morgan fingerprint density at radius 3 is 3.11 bits per heavy atom. The lowest BCUT2D eigenvalue weighted by Gasteiger charge is -2.28. The molecule has 0 radical (unpaired) electrons. The zero-order chi connectivity index (χ0) is 19.4. The lowest BCUT2D eigenvalue weighted by molar-refractivity contribution is -0.113. The van der Waals surface area contributed by atoms with E-state index >= 15 is 0 Å². The van der Waals surface area contributed by atoms with Gasteiger partial charge in [0.25, 0.3) is 0 Å². The smallest absolute Gasteiger partial charge is 0.526 e. The van der Waals surface area contributed by atoms with Gasteiger partial charge in [0.2, 0.25) is 0 Å². The number of alkyl halides is 1. The van der Waals surface area contributed by atoms with E-state index in [-0.39, 0.29) is 35.3 Å². The molecule has 0 aliphatic carbocycles. The number of thiazole rings is 1. The van der Waals surface area contributed by atoms with Crippen LogP contribution in [0.4, 0.5) is 9.52 Å². The maximum Gasteiger partial charge on any atom is 0.526 e. The molecule has 0 saturated heterocycles. The molecule has 7 nitrogen and oxygen atoms in total. The first kappa shape index (κ1) is 19.3. The molecule has 0 saturated carbocycles. The molecule has 1 aromatic heterocycles. The Labute approximate surface area is 160 Å². The molecule has 0 spiro atoms. The van der Waals surface area contributed by atoms with E-state index in [1.54, 1.807) is 5.38 Å². The van der Waals surface area contributed by atoms with Gasteiger partial charge in [-0.25, -0.2) is 9.37 Å². The largest absolute Gasteiger partial charge is 0.536 e. The number of aromatic nitrogens is 1. The van der Waals surface area contributed by atoms with Gasteiger partial charge in [-0.05, 0) is 24.5 Å². The molecule has 1 aliphatic rings. The average Bonchev–Trinajstić information content (AvgIpc) is 3.06. The fraction of sp³-hybridized carbons (Fsp3) is 0.353. The summed E-state index contributed by atoms with van der Waals surface area (Å²) in [4.78, 5) is 21.7. The van der Waals surface area contributed by atoms with Crippen molar-refractivity contribution in [1.29, 1.82) is 0 Å². The molecule has 1 aromatic carbocycles. The van der Waals surface area contributed by atoms with Crippen molar-refractivity contribution in [2.24, 2.45) is 5.16 Å². The van der Waals surface area contributed by atoms with E-state index in [1.165, 1.54) is 0 Å². The molecule has 0 unspecified atom stereocenters. The number of nitrogens with zero attached hydrogens (tertiary/aromatic N) is 2. The minimum absolute atomic E-state index is 0.0240. The van der Waals surface area contributed by atoms with E-state index in [9.17, 15) is 14.2 Å². The molecule has 0 bridgehead atoms. The van der Waals surface area contributed by atoms with Crippen LogP contribution in [-0.4, -0.2) is 41.9 Å². The van der Waals surface area contributed by atoms with Gasteiger partial charge in [-0.2, -0.15) is 0 Å². The number of ketones is 1. The number of hydrogen-bond donors (Lipinski definition) is 2. The lowest BCUT2D eigenvalue weighted by Crippen LogP contribution is -2.36. The van der Waals surface area contributed by atoms with Gasteiger partial charge < -0.3 is 20.2 Å². The number of carbonyl (C=O) groups is 1. The topological polar surface area (TPSA) is 107 Å². The van der Waals surface area contributed by atoms with E-state index in [4.69, 9.17) is 15.2 Å². The van der Waals surface area contributed by atoms with Crippen LogP contribution in [0.25, 0.3) is 0 Å². The maximum absolute atomic E-state index is 12.8. The van der Waals surface area contributed by atoms with Gasteiger partial charge in [-0.15, -0.1) is 11.3 Å². The molecule has 142 valence electrons. The summed E-state index contributed by atoms with van der Waals surface area (Å²) in [5, 5.41) is 15.9. The Bertz CT molecular complexity index is 860. The van der Waals surface area contributed by atoms with Crippen LogP contribution in [0.3, 0.4) is 0 Å². The number of oxime groups is 1. The lowest BCUT2D eigenvalue weighted by atomic mass is 9.64. The highest BCUT2D eigenvalue weighted by Crippen LogP contribution is 2.36. The summed E-state index contributed by atoms with van der Waals surface area (Å²) in [7, 11) is -1.11. The first-order valence-corrected chi connectivity index (χ1v) is 9.31. The van der Waals surface area contributed by atoms with Crippen molar-refractivity contribution in [1.82, 2.24) is 4.98 Å². The number of nitrogens with two attached hydrogens (primary N) is 1. The predicted molar refractivity (Wildman–Crippen MR) is 102 cm³/mol. The average molecular weight is 391 g/mol. The van der Waals surface area contributed by atoms with Gasteiger partial charge in [0.15, 0.2) is 16.6 Å². The Morgan fingerprint density at radius 1 is 1.59 bits per heavy atom. The number of halogens is 1. The number of fused-ring (bicyclic) bond motifs is 1. The van der Waals surface area contributed by atoms with Gasteiger partial charge in [0, 0.05) is 17.6 Å². The fourth-order valence-corrected chi connectivity index (χ4v) is 3.48. The quantitative estimate of drug-likeness (QED) is 0.324. The van der Waals surface area contributed by atoms with Crippen LogP contribution in [0, 0.1) is 6.92 Å². The van der Waals surface area contributed by atoms with Crippen molar-refractivity contribution in [3.63, 3.8) is 0 Å². The van der Waals surface area contributed by atoms with Gasteiger partial charge in [-0.1, -0.05) is 23.4 Å². The van der Waals surface area contributed by atoms with Gasteiger partial charge in [0.1, 0.15) is 24.7 Å². The van der Waals surface area contributed by atoms with Crippen molar-refractivity contribution >= 4 is 35.1 Å². The van der Waals surface area contributed by atoms with Crippen LogP contribution in [-0.2, 0) is 16.1 Å². The highest BCUT2D eigenvalue weighted by atomic mass is 32.1. The number of Topliss-reactive ketones (excluding diaryl/α,β-unsaturated/α-hetero) is 1. The second-order valence-corrected chi connectivity index (χ2v) is 7.09. The summed E-state index contributed by atoms with van der Waals surface area (Å²) in [5.41, 5.74) is 7.71. The molecule has 2 heterocycles. The van der Waals surface area contributed by atoms with E-state index in [2.05, 4.69) is 10.1 Å². The Balaban J connectivity index is 1.78. The van der Waals surface area contributed by atoms with Gasteiger partial charge >= 0.3 is 7.12 Å². The predicted octanol–water partition coefficient (Wildman–Crippen LogP) is 2.17. The Hall–Kier alpha value is -2.46. The third-order valence-corrected chi connectivity index (χ3v) is 4.89. The van der Waals surface area contributed by atoms with Crippen LogP contribution in [0.2, 0.25) is 5.82 Å². The number of aryl methyl sites for hydroxylation is 1. The van der Waals surface area contributed by atoms with Crippen LogP contribution in [0.5, 0.6) is 5.75 Å². The normalized spacial score (nSPS) is 16.6. The molecular weight excluding hydrogens is 372 g/mol. The van der Waals surface area contributed by atoms with E-state index in [1.807, 2.05) is 25.1 Å². The fourth-order valence-electron chi connectivity index (χ4n) is 2.93. The molecule has 2 aromatic rings. The minimum Gasteiger partial charge on any atom is -0.536 e. The molecule has 10 heteroatoms. The van der Waals surface area contributed by atoms with Gasteiger partial charge in [0.05, 0.1) is 0 Å². The highest BCUT2D eigenvalue weighted by Gasteiger charge is 2.37. The van der Waals surface area contributed by atoms with Gasteiger partial charge in [-0.3, -0.25) is 4.79 Å². The van der Waals surface area contributed by atoms with Crippen LogP contribution in [0.1, 0.15) is 23.2 Å². The van der Waals surface area contributed by atoms with Crippen molar-refractivity contribution in [3.05, 3.63) is 40.4 Å². The van der Waals surface area contributed by atoms with Crippen molar-refractivity contribution in [2.45, 2.75) is 25.6 Å². The minimum atomic E-state index is -1.11. The van der Waals surface area contributed by atoms with Crippen LogP contribution >= 0.6 is 11.3 Å². The first-order chi connectivity index (χ1) is 13.0. The molecule has 0 amide bonds. The number of rotatable bonds is 7. The third kappa shape index (κ3) is 4.45. The van der Waals surface area contributed by atoms with E-state index in [0.717, 1.165) is 22.5 Å². The van der Waals surface area contributed by atoms with Crippen LogP contribution in [0.15, 0.2) is 28.7 Å². The van der Waals surface area contributed by atoms with E-state index in [0.29, 0.717) is 12.2 Å². The second kappa shape index (κ2) is 8.49. The molecule has 1 aliphatic heterocycles. The molecule has 1 atom stereocenters. The Morgan fingerprint density at radius 2 is 2.41 bits per heavy atom. The number of benzene rings is 1. The molecule has 3 N–H and O–H groups in total. The highest BCUT2D eigenvalue weighted by molar-refractivity contribution is 7.13. The summed E-state index contributed by atoms with van der Waals surface area (Å²) in [6.07, 6.45) is 0.464. The molecular formula is C17H19BFN3O4S. The number of anilines is 1. The molecule has 3 rings (SSSR count). The van der Waals surface area contributed by atoms with E-state index < -0.39 is 19.6 Å². The summed E-state index contributed by atoms with van der Waals surface area (Å²) < 4.78 is 17.9. The number of para-hydroxylation sites is 1. The summed E-state index contributed by atoms with van der Waals surface area (Å²) in [6, 6.07) is 5.71. The zero-order valence-corrected chi connectivity index (χ0v) is 15.5. The number of carbonyl (C=O) groups excluding carboxylic acids is 1. The van der Waals surface area contributed by atoms with Crippen LogP contribution < -0.4 is 10.4 Å². The van der Waals surface area contributed by atoms with Crippen molar-refractivity contribution in [3.8, 4) is 5.75 Å². The second-order valence-electron chi connectivity index (χ2n) is 6.20. The maximum atomic E-state index is 12.8. The molecule has 27 heavy (non-hydrogen) atoms. The molecule has 0 fully saturated rings. The summed E-state index contributed by atoms with van der Waals surface area (Å²) in [6.45, 7) is 0.907. The number of nitrogen functional groups attached to an aromatic ring is 1. The standard InChI is InChI=1S/C17H19BFN3O4S/c1-10-3-2-4-11-7-12(18(24)26-16(10)11)8-14(23)15(22-25-6-5-19)13-9-27-17(20)21-13/h2-4,9,12,24H,5-8H2,1H3,(H2,20,21)/b22-15-/t12-/m1/s1. The zero-order valence-electron chi connectivity index (χ0n) is 14.7. The van der Waals surface area contributed by atoms with Crippen molar-refractivity contribution in [2.75, 3.05) is 19.0 Å². The number of hydrogen-bond acceptors (Lipinski definition) is 8. The monoisotopic (exact) mass is 391 g/mol.